The third-order valence-corrected chi connectivity index (χ3v) is 7.12. The monoisotopic (exact) mass is 542 g/mol. The van der Waals surface area contributed by atoms with Crippen LogP contribution in [0.4, 0.5) is 5.95 Å². The topological polar surface area (TPSA) is 76.5 Å². The second kappa shape index (κ2) is 11.8. The summed E-state index contributed by atoms with van der Waals surface area (Å²) in [6.07, 6.45) is 3.56. The van der Waals surface area contributed by atoms with Gasteiger partial charge in [-0.05, 0) is 51.0 Å². The first-order valence-electron chi connectivity index (χ1n) is 13.1. The molecule has 5 rings (SSSR count). The molecule has 0 aliphatic carbocycles. The number of nitrogens with one attached hydrogen (secondary N) is 1. The van der Waals surface area contributed by atoms with Crippen LogP contribution in [0.1, 0.15) is 34.3 Å². The molecule has 0 spiro atoms. The predicted molar refractivity (Wildman–Crippen MR) is 153 cm³/mol. The Morgan fingerprint density at radius 3 is 2.38 bits per heavy atom. The maximum Gasteiger partial charge on any atom is 0.255 e. The van der Waals surface area contributed by atoms with E-state index in [1.807, 2.05) is 73.1 Å². The van der Waals surface area contributed by atoms with E-state index in [0.29, 0.717) is 29.7 Å². The van der Waals surface area contributed by atoms with E-state index in [1.54, 1.807) is 24.3 Å². The van der Waals surface area contributed by atoms with Crippen LogP contribution >= 0.6 is 11.6 Å². The summed E-state index contributed by atoms with van der Waals surface area (Å²) in [4.78, 5) is 33.1. The van der Waals surface area contributed by atoms with E-state index in [-0.39, 0.29) is 24.5 Å². The van der Waals surface area contributed by atoms with Gasteiger partial charge in [0.25, 0.3) is 5.91 Å². The summed E-state index contributed by atoms with van der Waals surface area (Å²) >= 11 is 6.32. The van der Waals surface area contributed by atoms with Crippen LogP contribution in [0, 0.1) is 13.8 Å². The maximum atomic E-state index is 13.5. The van der Waals surface area contributed by atoms with Crippen LogP contribution < -0.4 is 5.32 Å². The number of carbonyl (C=O) groups excluding carboxylic acids is 2. The van der Waals surface area contributed by atoms with E-state index < -0.39 is 0 Å². The molecule has 200 valence electrons. The lowest BCUT2D eigenvalue weighted by atomic mass is 10.1. The average Bonchev–Trinajstić information content (AvgIpc) is 3.59. The summed E-state index contributed by atoms with van der Waals surface area (Å²) in [6.45, 7) is 4.85. The number of halogens is 1. The Labute approximate surface area is 233 Å². The number of carbonyl (C=O) groups is 2. The van der Waals surface area contributed by atoms with Gasteiger partial charge in [0, 0.05) is 30.6 Å². The van der Waals surface area contributed by atoms with Gasteiger partial charge in [-0.1, -0.05) is 71.3 Å². The Balaban J connectivity index is 1.42. The highest BCUT2D eigenvalue weighted by atomic mass is 35.5. The Bertz CT molecular complexity index is 1460. The highest BCUT2D eigenvalue weighted by Crippen LogP contribution is 2.25. The molecule has 2 amide bonds. The lowest BCUT2D eigenvalue weighted by Crippen LogP contribution is -2.42. The molecule has 1 atom stereocenters. The molecule has 7 nitrogen and oxygen atoms in total. The Morgan fingerprint density at radius 2 is 1.72 bits per heavy atom. The zero-order chi connectivity index (χ0) is 27.4. The normalized spacial score (nSPS) is 14.8. The van der Waals surface area contributed by atoms with E-state index >= 15 is 0 Å². The molecule has 0 radical (unpaired) electrons. The number of benzene rings is 3. The van der Waals surface area contributed by atoms with Gasteiger partial charge >= 0.3 is 0 Å². The molecular weight excluding hydrogens is 512 g/mol. The van der Waals surface area contributed by atoms with Crippen LogP contribution in [0.3, 0.4) is 0 Å². The molecule has 1 aliphatic rings. The Kier molecular flexibility index (Phi) is 8.10. The molecule has 1 unspecified atom stereocenters. The number of ether oxygens (including phenoxy) is 1. The van der Waals surface area contributed by atoms with Crippen LogP contribution in [0.25, 0.3) is 16.9 Å². The van der Waals surface area contributed by atoms with Crippen molar-refractivity contribution in [1.82, 2.24) is 14.5 Å². The van der Waals surface area contributed by atoms with E-state index in [4.69, 9.17) is 21.3 Å². The standard InChI is InChI=1S/C31H31ClN4O3/c1-21-9-13-23(14-10-21)28-19-36(24-15-11-22(2)12-16-24)31(33-28)34-29(37)20-35(18-25-6-5-17-39-25)30(38)26-7-3-4-8-27(26)32/h3-4,7-16,19,25H,5-6,17-18,20H2,1-2H3,(H,33,34,37). The van der Waals surface area contributed by atoms with Gasteiger partial charge in [0.05, 0.1) is 22.4 Å². The van der Waals surface area contributed by atoms with Crippen LogP contribution in [0.15, 0.2) is 79.0 Å². The van der Waals surface area contributed by atoms with Gasteiger partial charge in [0.2, 0.25) is 11.9 Å². The molecule has 1 saturated heterocycles. The summed E-state index contributed by atoms with van der Waals surface area (Å²) in [6, 6.07) is 22.9. The lowest BCUT2D eigenvalue weighted by Gasteiger charge is -2.25. The molecule has 4 aromatic rings. The molecule has 39 heavy (non-hydrogen) atoms. The van der Waals surface area contributed by atoms with Gasteiger partial charge < -0.3 is 9.64 Å². The quantitative estimate of drug-likeness (QED) is 0.293. The van der Waals surface area contributed by atoms with Gasteiger partial charge in [0.1, 0.15) is 6.54 Å². The summed E-state index contributed by atoms with van der Waals surface area (Å²) in [5.41, 5.74) is 5.17. The number of amides is 2. The second-order valence-corrected chi connectivity index (χ2v) is 10.3. The lowest BCUT2D eigenvalue weighted by molar-refractivity contribution is -0.117. The zero-order valence-electron chi connectivity index (χ0n) is 22.1. The van der Waals surface area contributed by atoms with Crippen molar-refractivity contribution < 1.29 is 14.3 Å². The minimum absolute atomic E-state index is 0.119. The molecule has 1 N–H and O–H groups in total. The van der Waals surface area contributed by atoms with E-state index in [1.165, 1.54) is 4.90 Å². The van der Waals surface area contributed by atoms with Crippen molar-refractivity contribution in [3.63, 3.8) is 0 Å². The Hall–Kier alpha value is -3.94. The largest absolute Gasteiger partial charge is 0.376 e. The highest BCUT2D eigenvalue weighted by Gasteiger charge is 2.27. The van der Waals surface area contributed by atoms with E-state index in [2.05, 4.69) is 5.32 Å². The minimum atomic E-state index is -0.359. The van der Waals surface area contributed by atoms with Gasteiger partial charge in [-0.25, -0.2) is 4.98 Å². The first kappa shape index (κ1) is 26.7. The van der Waals surface area contributed by atoms with Crippen molar-refractivity contribution in [3.05, 3.63) is 101 Å². The van der Waals surface area contributed by atoms with Crippen molar-refractivity contribution >= 4 is 29.4 Å². The Morgan fingerprint density at radius 1 is 1.03 bits per heavy atom. The zero-order valence-corrected chi connectivity index (χ0v) is 22.8. The number of anilines is 1. The minimum Gasteiger partial charge on any atom is -0.376 e. The fourth-order valence-corrected chi connectivity index (χ4v) is 4.85. The van der Waals surface area contributed by atoms with Crippen molar-refractivity contribution in [3.8, 4) is 16.9 Å². The molecule has 3 aromatic carbocycles. The van der Waals surface area contributed by atoms with Crippen LogP contribution in [-0.2, 0) is 9.53 Å². The van der Waals surface area contributed by atoms with Crippen LogP contribution in [0.2, 0.25) is 5.02 Å². The number of nitrogens with zero attached hydrogens (tertiary/aromatic N) is 3. The number of hydrogen-bond acceptors (Lipinski definition) is 4. The maximum absolute atomic E-state index is 13.5. The number of aromatic nitrogens is 2. The summed E-state index contributed by atoms with van der Waals surface area (Å²) in [7, 11) is 0. The molecule has 8 heteroatoms. The molecule has 1 aromatic heterocycles. The summed E-state index contributed by atoms with van der Waals surface area (Å²) in [5, 5.41) is 3.29. The second-order valence-electron chi connectivity index (χ2n) is 9.87. The van der Waals surface area contributed by atoms with Gasteiger partial charge in [-0.3, -0.25) is 19.5 Å². The van der Waals surface area contributed by atoms with Crippen molar-refractivity contribution in [2.75, 3.05) is 25.0 Å². The van der Waals surface area contributed by atoms with Crippen LogP contribution in [-0.4, -0.2) is 52.1 Å². The molecule has 0 bridgehead atoms. The van der Waals surface area contributed by atoms with E-state index in [0.717, 1.165) is 40.9 Å². The summed E-state index contributed by atoms with van der Waals surface area (Å²) < 4.78 is 7.63. The third kappa shape index (κ3) is 6.38. The predicted octanol–water partition coefficient (Wildman–Crippen LogP) is 6.07. The van der Waals surface area contributed by atoms with Crippen molar-refractivity contribution in [2.24, 2.45) is 0 Å². The SMILES string of the molecule is Cc1ccc(-c2cn(-c3ccc(C)cc3)c(NC(=O)CN(CC3CCCO3)C(=O)c3ccccc3Cl)n2)cc1. The number of imidazole rings is 1. The van der Waals surface area contributed by atoms with Gasteiger partial charge in [-0.2, -0.15) is 0 Å². The van der Waals surface area contributed by atoms with E-state index in [9.17, 15) is 9.59 Å². The molecule has 1 aliphatic heterocycles. The summed E-state index contributed by atoms with van der Waals surface area (Å²) in [5.74, 6) is -0.294. The fourth-order valence-electron chi connectivity index (χ4n) is 4.63. The molecule has 2 heterocycles. The highest BCUT2D eigenvalue weighted by molar-refractivity contribution is 6.33. The van der Waals surface area contributed by atoms with Gasteiger partial charge in [0.15, 0.2) is 0 Å². The number of aryl methyl sites for hydroxylation is 2. The number of rotatable bonds is 8. The first-order valence-corrected chi connectivity index (χ1v) is 13.4. The van der Waals surface area contributed by atoms with Crippen LogP contribution in [0.5, 0.6) is 0 Å². The molecule has 0 saturated carbocycles. The molecular formula is C31H31ClN4O3. The van der Waals surface area contributed by atoms with Crippen molar-refractivity contribution in [2.45, 2.75) is 32.8 Å². The fraction of sp³-hybridized carbons (Fsp3) is 0.258. The van der Waals surface area contributed by atoms with Crippen molar-refractivity contribution in [1.29, 1.82) is 0 Å². The first-order chi connectivity index (χ1) is 18.9. The van der Waals surface area contributed by atoms with Gasteiger partial charge in [-0.15, -0.1) is 0 Å². The number of hydrogen-bond donors (Lipinski definition) is 1. The smallest absolute Gasteiger partial charge is 0.255 e. The average molecular weight is 543 g/mol. The third-order valence-electron chi connectivity index (χ3n) is 6.79. The molecule has 1 fully saturated rings.